The van der Waals surface area contributed by atoms with Gasteiger partial charge in [-0.1, -0.05) is 6.92 Å². The van der Waals surface area contributed by atoms with Crippen LogP contribution in [0.2, 0.25) is 0 Å². The zero-order valence-corrected chi connectivity index (χ0v) is 8.74. The summed E-state index contributed by atoms with van der Waals surface area (Å²) in [6.45, 7) is 6.72. The van der Waals surface area contributed by atoms with Crippen molar-refractivity contribution in [2.24, 2.45) is 11.7 Å². The molecule has 2 unspecified atom stereocenters. The van der Waals surface area contributed by atoms with Gasteiger partial charge in [-0.2, -0.15) is 0 Å². The van der Waals surface area contributed by atoms with E-state index in [1.807, 2.05) is 0 Å². The van der Waals surface area contributed by atoms with Crippen LogP contribution < -0.4 is 5.73 Å². The van der Waals surface area contributed by atoms with Crippen LogP contribution in [0.5, 0.6) is 0 Å². The Kier molecular flexibility index (Phi) is 4.16. The minimum absolute atomic E-state index is 0.354. The van der Waals surface area contributed by atoms with Gasteiger partial charge in [0.25, 0.3) is 0 Å². The van der Waals surface area contributed by atoms with Crippen LogP contribution in [0.15, 0.2) is 0 Å². The van der Waals surface area contributed by atoms with Crippen LogP contribution in [0.4, 0.5) is 0 Å². The third kappa shape index (κ3) is 3.25. The Morgan fingerprint density at radius 3 is 2.77 bits per heavy atom. The maximum absolute atomic E-state index is 9.45. The highest BCUT2D eigenvalue weighted by molar-refractivity contribution is 4.78. The number of aliphatic hydroxyl groups excluding tert-OH is 1. The van der Waals surface area contributed by atoms with Gasteiger partial charge in [-0.3, -0.25) is 4.90 Å². The van der Waals surface area contributed by atoms with Crippen molar-refractivity contribution in [3.8, 4) is 0 Å². The van der Waals surface area contributed by atoms with Gasteiger partial charge in [0.1, 0.15) is 0 Å². The molecule has 1 rings (SSSR count). The van der Waals surface area contributed by atoms with Gasteiger partial charge in [0.2, 0.25) is 0 Å². The Hall–Kier alpha value is -0.120. The average molecular weight is 186 g/mol. The fourth-order valence-electron chi connectivity index (χ4n) is 1.98. The van der Waals surface area contributed by atoms with Gasteiger partial charge >= 0.3 is 0 Å². The summed E-state index contributed by atoms with van der Waals surface area (Å²) in [4.78, 5) is 2.35. The second kappa shape index (κ2) is 4.94. The Bertz CT molecular complexity index is 152. The minimum atomic E-state index is -0.354. The monoisotopic (exact) mass is 186 g/mol. The highest BCUT2D eigenvalue weighted by Crippen LogP contribution is 2.21. The Labute approximate surface area is 80.9 Å². The summed E-state index contributed by atoms with van der Waals surface area (Å²) in [6, 6.07) is 0.609. The SMILES string of the molecule is CC1CCC(C)N(C[C@@H](O)CN)C1. The number of piperidine rings is 1. The number of likely N-dealkylation sites (tertiary alicyclic amines) is 1. The molecular formula is C10H22N2O. The molecule has 0 aromatic rings. The standard InChI is InChI=1S/C10H22N2O/c1-8-3-4-9(2)12(6-8)7-10(13)5-11/h8-10,13H,3-7,11H2,1-2H3/t8?,9?,10-/m0/s1. The molecule has 3 N–H and O–H groups in total. The molecule has 78 valence electrons. The molecular weight excluding hydrogens is 164 g/mol. The summed E-state index contributed by atoms with van der Waals surface area (Å²) < 4.78 is 0. The van der Waals surface area contributed by atoms with Crippen molar-refractivity contribution in [2.45, 2.75) is 38.8 Å². The molecule has 1 saturated heterocycles. The van der Waals surface area contributed by atoms with Gasteiger partial charge in [-0.05, 0) is 25.7 Å². The molecule has 1 heterocycles. The fourth-order valence-corrected chi connectivity index (χ4v) is 1.98. The van der Waals surface area contributed by atoms with Crippen molar-refractivity contribution in [1.29, 1.82) is 0 Å². The number of hydrogen-bond donors (Lipinski definition) is 2. The van der Waals surface area contributed by atoms with E-state index in [1.54, 1.807) is 0 Å². The van der Waals surface area contributed by atoms with Gasteiger partial charge in [-0.25, -0.2) is 0 Å². The Morgan fingerprint density at radius 2 is 2.15 bits per heavy atom. The van der Waals surface area contributed by atoms with Gasteiger partial charge < -0.3 is 10.8 Å². The summed E-state index contributed by atoms with van der Waals surface area (Å²) in [7, 11) is 0. The van der Waals surface area contributed by atoms with Crippen molar-refractivity contribution < 1.29 is 5.11 Å². The molecule has 0 bridgehead atoms. The van der Waals surface area contributed by atoms with Crippen LogP contribution in [0, 0.1) is 5.92 Å². The van der Waals surface area contributed by atoms with Gasteiger partial charge in [0, 0.05) is 25.7 Å². The molecule has 1 aliphatic rings. The molecule has 3 atom stereocenters. The lowest BCUT2D eigenvalue weighted by molar-refractivity contribution is 0.0610. The molecule has 0 radical (unpaired) electrons. The van der Waals surface area contributed by atoms with Crippen LogP contribution in [0.1, 0.15) is 26.7 Å². The number of rotatable bonds is 3. The molecule has 3 nitrogen and oxygen atoms in total. The zero-order chi connectivity index (χ0) is 9.84. The van der Waals surface area contributed by atoms with Crippen LogP contribution in [-0.4, -0.2) is 41.8 Å². The van der Waals surface area contributed by atoms with Crippen LogP contribution in [0.3, 0.4) is 0 Å². The van der Waals surface area contributed by atoms with Crippen LogP contribution in [-0.2, 0) is 0 Å². The van der Waals surface area contributed by atoms with Crippen LogP contribution >= 0.6 is 0 Å². The van der Waals surface area contributed by atoms with E-state index in [4.69, 9.17) is 5.73 Å². The first kappa shape index (κ1) is 11.0. The number of aliphatic hydroxyl groups is 1. The van der Waals surface area contributed by atoms with Crippen molar-refractivity contribution in [1.82, 2.24) is 4.90 Å². The smallest absolute Gasteiger partial charge is 0.0789 e. The molecule has 1 aliphatic heterocycles. The number of nitrogens with two attached hydrogens (primary N) is 1. The molecule has 0 aliphatic carbocycles. The first-order chi connectivity index (χ1) is 6.13. The van der Waals surface area contributed by atoms with E-state index in [0.717, 1.165) is 19.0 Å². The molecule has 0 amide bonds. The van der Waals surface area contributed by atoms with E-state index >= 15 is 0 Å². The zero-order valence-electron chi connectivity index (χ0n) is 8.74. The first-order valence-corrected chi connectivity index (χ1v) is 5.25. The second-order valence-corrected chi connectivity index (χ2v) is 4.37. The number of hydrogen-bond acceptors (Lipinski definition) is 3. The maximum Gasteiger partial charge on any atom is 0.0789 e. The molecule has 0 aromatic heterocycles. The number of β-amino-alcohol motifs (C(OH)–C–C–N with tert-alkyl or cyclic N) is 1. The molecule has 0 spiro atoms. The van der Waals surface area contributed by atoms with Crippen molar-refractivity contribution in [2.75, 3.05) is 19.6 Å². The predicted octanol–water partition coefficient (Wildman–Crippen LogP) is 0.426. The Morgan fingerprint density at radius 1 is 1.46 bits per heavy atom. The van der Waals surface area contributed by atoms with Gasteiger partial charge in [0.05, 0.1) is 6.10 Å². The first-order valence-electron chi connectivity index (χ1n) is 5.25. The van der Waals surface area contributed by atoms with Crippen molar-refractivity contribution >= 4 is 0 Å². The normalized spacial score (nSPS) is 33.2. The lowest BCUT2D eigenvalue weighted by Crippen LogP contribution is -2.46. The predicted molar refractivity (Wildman–Crippen MR) is 54.5 cm³/mol. The summed E-state index contributed by atoms with van der Waals surface area (Å²) >= 11 is 0. The lowest BCUT2D eigenvalue weighted by Gasteiger charge is -2.37. The summed E-state index contributed by atoms with van der Waals surface area (Å²) in [5, 5.41) is 9.45. The van der Waals surface area contributed by atoms with Crippen LogP contribution in [0.25, 0.3) is 0 Å². The topological polar surface area (TPSA) is 49.5 Å². The maximum atomic E-state index is 9.45. The highest BCUT2D eigenvalue weighted by atomic mass is 16.3. The third-order valence-electron chi connectivity index (χ3n) is 2.96. The molecule has 13 heavy (non-hydrogen) atoms. The average Bonchev–Trinajstić information content (AvgIpc) is 2.11. The Balaban J connectivity index is 2.37. The molecule has 1 fully saturated rings. The van der Waals surface area contributed by atoms with E-state index in [9.17, 15) is 5.11 Å². The second-order valence-electron chi connectivity index (χ2n) is 4.37. The lowest BCUT2D eigenvalue weighted by atomic mass is 9.95. The fraction of sp³-hybridized carbons (Fsp3) is 1.00. The summed E-state index contributed by atoms with van der Waals surface area (Å²) in [5.41, 5.74) is 5.39. The van der Waals surface area contributed by atoms with Gasteiger partial charge in [0.15, 0.2) is 0 Å². The highest BCUT2D eigenvalue weighted by Gasteiger charge is 2.23. The molecule has 3 heteroatoms. The van der Waals surface area contributed by atoms with Crippen molar-refractivity contribution in [3.05, 3.63) is 0 Å². The summed E-state index contributed by atoms with van der Waals surface area (Å²) in [5.74, 6) is 0.765. The molecule has 0 saturated carbocycles. The van der Waals surface area contributed by atoms with E-state index < -0.39 is 0 Å². The van der Waals surface area contributed by atoms with Gasteiger partial charge in [-0.15, -0.1) is 0 Å². The quantitative estimate of drug-likeness (QED) is 0.672. The third-order valence-corrected chi connectivity index (χ3v) is 2.96. The largest absolute Gasteiger partial charge is 0.390 e. The number of nitrogens with zero attached hydrogens (tertiary/aromatic N) is 1. The van der Waals surface area contributed by atoms with Crippen molar-refractivity contribution in [3.63, 3.8) is 0 Å². The minimum Gasteiger partial charge on any atom is -0.390 e. The molecule has 0 aromatic carbocycles. The van der Waals surface area contributed by atoms with E-state index in [-0.39, 0.29) is 6.10 Å². The summed E-state index contributed by atoms with van der Waals surface area (Å²) in [6.07, 6.45) is 2.21. The van der Waals surface area contributed by atoms with E-state index in [1.165, 1.54) is 12.8 Å². The van der Waals surface area contributed by atoms with E-state index in [0.29, 0.717) is 12.6 Å². The van der Waals surface area contributed by atoms with E-state index in [2.05, 4.69) is 18.7 Å².